The summed E-state index contributed by atoms with van der Waals surface area (Å²) in [6.07, 6.45) is 3.76. The number of hydrogen-bond acceptors (Lipinski definition) is 8. The average molecular weight is 792 g/mol. The van der Waals surface area contributed by atoms with Crippen molar-refractivity contribution in [1.29, 1.82) is 0 Å². The van der Waals surface area contributed by atoms with E-state index in [0.29, 0.717) is 45.7 Å². The first-order valence-electron chi connectivity index (χ1n) is 17.7. The molecule has 0 aliphatic rings. The minimum atomic E-state index is -2.34. The van der Waals surface area contributed by atoms with Gasteiger partial charge in [0.2, 0.25) is 0 Å². The van der Waals surface area contributed by atoms with E-state index < -0.39 is 29.9 Å². The Balaban J connectivity index is 2.35. The van der Waals surface area contributed by atoms with Crippen molar-refractivity contribution in [2.45, 2.75) is 105 Å². The Morgan fingerprint density at radius 3 is 2.24 bits per heavy atom. The summed E-state index contributed by atoms with van der Waals surface area (Å²) in [5, 5.41) is 0. The van der Waals surface area contributed by atoms with Crippen molar-refractivity contribution in [3.05, 3.63) is 71.3 Å². The number of methoxy groups -OCH3 is 3. The van der Waals surface area contributed by atoms with Gasteiger partial charge in [-0.1, -0.05) is 19.1 Å². The third kappa shape index (κ3) is 15.1. The van der Waals surface area contributed by atoms with Crippen molar-refractivity contribution in [3.63, 3.8) is 0 Å². The van der Waals surface area contributed by atoms with Crippen LogP contribution in [0.25, 0.3) is 0 Å². The van der Waals surface area contributed by atoms with Gasteiger partial charge in [-0.3, -0.25) is 0 Å². The van der Waals surface area contributed by atoms with E-state index in [9.17, 15) is 4.79 Å². The van der Waals surface area contributed by atoms with E-state index >= 15 is 0 Å². The van der Waals surface area contributed by atoms with Gasteiger partial charge in [-0.25, -0.2) is 0 Å². The Labute approximate surface area is 301 Å². The summed E-state index contributed by atoms with van der Waals surface area (Å²) in [6, 6.07) is 16.8. The standard InChI is InChI=1S/C37H55O8.3CH3.Sn/c1-9-29(25-43-27-42-21-20-39-6)22-28(3)34(44-26-30-16-18-32(40-7)19-17-30)23-33(41-8)24-35(45-36(38)10-2)37(4,5)31-14-12-11-13-15-31;;;;/h11-12,14-19,22,29,33-35H,9-10,20-21,23-27H2,1-8H3;3*1H3;/b28-22-;;;;/t29-,33-,34+,35+;;;;/m1..../s1. The Kier molecular flexibility index (Phi) is 19.5. The monoisotopic (exact) mass is 792 g/mol. The second-order valence-electron chi connectivity index (χ2n) is 14.3. The van der Waals surface area contributed by atoms with E-state index in [2.05, 4.69) is 72.9 Å². The number of carbonyl (C=O) groups excluding carboxylic acids is 1. The van der Waals surface area contributed by atoms with Gasteiger partial charge in [-0.15, -0.1) is 0 Å². The molecule has 4 atom stereocenters. The zero-order valence-electron chi connectivity index (χ0n) is 32.1. The van der Waals surface area contributed by atoms with E-state index in [1.54, 1.807) is 21.3 Å². The Morgan fingerprint density at radius 2 is 1.65 bits per heavy atom. The van der Waals surface area contributed by atoms with E-state index in [0.717, 1.165) is 23.3 Å². The van der Waals surface area contributed by atoms with Gasteiger partial charge in [-0.2, -0.15) is 0 Å². The zero-order valence-corrected chi connectivity index (χ0v) is 35.0. The molecule has 0 N–H and O–H groups in total. The molecule has 2 aromatic carbocycles. The molecule has 0 saturated heterocycles. The molecule has 8 nitrogen and oxygen atoms in total. The van der Waals surface area contributed by atoms with E-state index in [1.165, 1.54) is 9.14 Å². The maximum atomic E-state index is 12.8. The van der Waals surface area contributed by atoms with Crippen LogP contribution in [0.15, 0.2) is 60.2 Å². The number of benzene rings is 2. The molecule has 276 valence electrons. The van der Waals surface area contributed by atoms with Crippen LogP contribution in [0.5, 0.6) is 5.75 Å². The molecule has 2 aromatic rings. The molecule has 0 aliphatic carbocycles. The first kappa shape index (κ1) is 43.2. The molecule has 0 bridgehead atoms. The van der Waals surface area contributed by atoms with Gasteiger partial charge >= 0.3 is 199 Å². The molecule has 0 unspecified atom stereocenters. The molecule has 0 aliphatic heterocycles. The molecular weight excluding hydrogens is 727 g/mol. The van der Waals surface area contributed by atoms with Crippen LogP contribution in [0.1, 0.15) is 71.4 Å². The quantitative estimate of drug-likeness (QED) is 0.0350. The molecule has 49 heavy (non-hydrogen) atoms. The Hall–Kier alpha value is -1.95. The molecule has 0 radical (unpaired) electrons. The maximum absolute atomic E-state index is 12.8. The van der Waals surface area contributed by atoms with Crippen LogP contribution in [-0.2, 0) is 45.2 Å². The van der Waals surface area contributed by atoms with Crippen LogP contribution in [0, 0.1) is 5.92 Å². The zero-order chi connectivity index (χ0) is 36.5. The van der Waals surface area contributed by atoms with E-state index in [1.807, 2.05) is 31.2 Å². The third-order valence-electron chi connectivity index (χ3n) is 9.20. The Morgan fingerprint density at radius 1 is 0.939 bits per heavy atom. The first-order valence-corrected chi connectivity index (χ1v) is 27.7. The third-order valence-corrected chi connectivity index (χ3v) is 15.0. The van der Waals surface area contributed by atoms with E-state index in [-0.39, 0.29) is 30.9 Å². The van der Waals surface area contributed by atoms with Crippen molar-refractivity contribution < 1.29 is 38.0 Å². The summed E-state index contributed by atoms with van der Waals surface area (Å²) in [4.78, 5) is 20.1. The molecular formula is C40H64O8Sn. The summed E-state index contributed by atoms with van der Waals surface area (Å²) in [7, 11) is 5.05. The minimum absolute atomic E-state index is 0.191. The number of esters is 1. The molecule has 0 amide bonds. The van der Waals surface area contributed by atoms with Crippen LogP contribution in [-0.4, -0.2) is 90.6 Å². The van der Waals surface area contributed by atoms with Gasteiger partial charge in [0.1, 0.15) is 12.5 Å². The predicted octanol–water partition coefficient (Wildman–Crippen LogP) is 7.83. The van der Waals surface area contributed by atoms with Crippen LogP contribution in [0.3, 0.4) is 0 Å². The van der Waals surface area contributed by atoms with E-state index in [4.69, 9.17) is 33.2 Å². The molecule has 0 heterocycles. The summed E-state index contributed by atoms with van der Waals surface area (Å²) in [6.45, 7) is 12.7. The van der Waals surface area contributed by atoms with Gasteiger partial charge in [-0.05, 0) is 18.6 Å². The molecule has 0 saturated carbocycles. The summed E-state index contributed by atoms with van der Waals surface area (Å²) in [5.74, 6) is 0.788. The normalized spacial score (nSPS) is 15.0. The van der Waals surface area contributed by atoms with Gasteiger partial charge in [0.25, 0.3) is 0 Å². The van der Waals surface area contributed by atoms with Crippen molar-refractivity contribution in [3.8, 4) is 5.75 Å². The predicted molar refractivity (Wildman–Crippen MR) is 200 cm³/mol. The second kappa shape index (κ2) is 22.1. The molecule has 0 fully saturated rings. The average Bonchev–Trinajstić information content (AvgIpc) is 3.09. The number of ether oxygens (including phenoxy) is 7. The molecule has 0 aromatic heterocycles. The molecule has 9 heteroatoms. The van der Waals surface area contributed by atoms with Gasteiger partial charge < -0.3 is 18.9 Å². The number of rotatable bonds is 24. The first-order chi connectivity index (χ1) is 23.3. The number of hydrogen-bond donors (Lipinski definition) is 0. The Bertz CT molecular complexity index is 1250. The number of carbonyl (C=O) groups is 1. The van der Waals surface area contributed by atoms with Crippen molar-refractivity contribution in [2.24, 2.45) is 5.92 Å². The summed E-state index contributed by atoms with van der Waals surface area (Å²) >= 11 is -2.34. The van der Waals surface area contributed by atoms with Crippen LogP contribution in [0.4, 0.5) is 0 Å². The molecule has 0 spiro atoms. The van der Waals surface area contributed by atoms with Gasteiger partial charge in [0, 0.05) is 7.11 Å². The fourth-order valence-electron chi connectivity index (χ4n) is 5.60. The topological polar surface area (TPSA) is 81.7 Å². The van der Waals surface area contributed by atoms with Crippen molar-refractivity contribution in [2.75, 3.05) is 47.9 Å². The van der Waals surface area contributed by atoms with Crippen molar-refractivity contribution >= 4 is 27.9 Å². The SMILES string of the molecule is CCC(=O)O[C@@H](C[C@@H](C[C@H](OCc1ccc(OC)cc1)/C(C)=C\[C@@H](CC)COCOCCOC)OC)C(C)(C)c1ccc[c]([Sn]([CH3])([CH3])[CH3])c1. The fraction of sp³-hybridized carbons (Fsp3) is 0.625. The fourth-order valence-corrected chi connectivity index (χ4v) is 8.98. The van der Waals surface area contributed by atoms with Crippen LogP contribution in [0.2, 0.25) is 14.8 Å². The second-order valence-corrected chi connectivity index (χ2v) is 28.8. The van der Waals surface area contributed by atoms with Crippen molar-refractivity contribution in [1.82, 2.24) is 0 Å². The summed E-state index contributed by atoms with van der Waals surface area (Å²) in [5.41, 5.74) is 2.91. The van der Waals surface area contributed by atoms with Crippen LogP contribution >= 0.6 is 0 Å². The molecule has 2 rings (SSSR count). The summed E-state index contributed by atoms with van der Waals surface area (Å²) < 4.78 is 42.2. The van der Waals surface area contributed by atoms with Gasteiger partial charge in [0.05, 0.1) is 26.9 Å². The van der Waals surface area contributed by atoms with Gasteiger partial charge in [0.15, 0.2) is 0 Å². The van der Waals surface area contributed by atoms with Crippen LogP contribution < -0.4 is 8.32 Å².